The number of allylic oxidation sites excluding steroid dienone is 1. The van der Waals surface area contributed by atoms with Crippen LogP contribution in [-0.4, -0.2) is 59.4 Å². The second-order valence-electron chi connectivity index (χ2n) is 11.0. The summed E-state index contributed by atoms with van der Waals surface area (Å²) in [5.74, 6) is 0.644. The fraction of sp³-hybridized carbons (Fsp3) is 0.840. The first-order valence-corrected chi connectivity index (χ1v) is 11.8. The molecule has 3 fully saturated rings. The van der Waals surface area contributed by atoms with Crippen LogP contribution in [0.5, 0.6) is 0 Å². The maximum Gasteiger partial charge on any atom is 0.302 e. The van der Waals surface area contributed by atoms with Gasteiger partial charge in [-0.05, 0) is 61.2 Å². The molecule has 6 nitrogen and oxygen atoms in total. The molecule has 0 saturated heterocycles. The predicted molar refractivity (Wildman–Crippen MR) is 119 cm³/mol. The first-order valence-electron chi connectivity index (χ1n) is 11.8. The molecule has 7 unspecified atom stereocenters. The number of ether oxygens (including phenoxy) is 1. The number of fused-ring (bicyclic) bond motifs is 3. The topological polar surface area (TPSA) is 87.1 Å². The van der Waals surface area contributed by atoms with Crippen molar-refractivity contribution in [2.75, 3.05) is 20.2 Å². The van der Waals surface area contributed by atoms with Crippen LogP contribution in [0.2, 0.25) is 0 Å². The Hall–Kier alpha value is -1.40. The summed E-state index contributed by atoms with van der Waals surface area (Å²) < 4.78 is 5.71. The molecule has 31 heavy (non-hydrogen) atoms. The van der Waals surface area contributed by atoms with Gasteiger partial charge in [-0.25, -0.2) is 0 Å². The lowest BCUT2D eigenvalue weighted by Gasteiger charge is -2.64. The number of amides is 1. The number of esters is 1. The number of carbonyl (C=O) groups excluding carboxylic acids is 2. The normalized spacial score (nSPS) is 40.6. The second-order valence-corrected chi connectivity index (χ2v) is 11.0. The minimum Gasteiger partial charge on any atom is -0.462 e. The molecule has 6 heteroatoms. The standard InChI is InChI=1S/C25H41NO5/c1-15-17(13-22(30)26(6)11-12-27)7-8-18-23(15)19(29)14-20-24(3,4)21(31-16(2)28)9-10-25(18,20)5/h13,15,18-21,23,27,29H,7-12,14H2,1-6H3. The van der Waals surface area contributed by atoms with Gasteiger partial charge in [0.25, 0.3) is 0 Å². The van der Waals surface area contributed by atoms with Crippen LogP contribution in [0.25, 0.3) is 0 Å². The predicted octanol–water partition coefficient (Wildman–Crippen LogP) is 3.16. The van der Waals surface area contributed by atoms with Gasteiger partial charge in [0, 0.05) is 32.0 Å². The van der Waals surface area contributed by atoms with E-state index in [2.05, 4.69) is 27.7 Å². The van der Waals surface area contributed by atoms with Gasteiger partial charge >= 0.3 is 5.97 Å². The lowest BCUT2D eigenvalue weighted by atomic mass is 9.42. The van der Waals surface area contributed by atoms with Crippen molar-refractivity contribution in [3.63, 3.8) is 0 Å². The minimum atomic E-state index is -0.428. The van der Waals surface area contributed by atoms with Crippen LogP contribution in [0, 0.1) is 34.5 Å². The molecule has 0 radical (unpaired) electrons. The average Bonchev–Trinajstić information content (AvgIpc) is 2.68. The van der Waals surface area contributed by atoms with Crippen molar-refractivity contribution in [2.45, 2.75) is 78.9 Å². The fourth-order valence-corrected chi connectivity index (χ4v) is 7.33. The van der Waals surface area contributed by atoms with Crippen LogP contribution in [0.15, 0.2) is 11.6 Å². The van der Waals surface area contributed by atoms with Crippen LogP contribution in [0.3, 0.4) is 0 Å². The van der Waals surface area contributed by atoms with Crippen LogP contribution in [0.1, 0.15) is 66.7 Å². The number of hydrogen-bond acceptors (Lipinski definition) is 5. The lowest BCUT2D eigenvalue weighted by Crippen LogP contribution is -2.61. The zero-order valence-corrected chi connectivity index (χ0v) is 20.1. The number of aliphatic hydroxyl groups is 2. The van der Waals surface area contributed by atoms with Gasteiger partial charge in [0.15, 0.2) is 0 Å². The third-order valence-corrected chi connectivity index (χ3v) is 9.04. The molecule has 0 aromatic rings. The third kappa shape index (κ3) is 4.30. The van der Waals surface area contributed by atoms with E-state index >= 15 is 0 Å². The number of nitrogens with zero attached hydrogens (tertiary/aromatic N) is 1. The van der Waals surface area contributed by atoms with Crippen molar-refractivity contribution >= 4 is 11.9 Å². The molecule has 2 N–H and O–H groups in total. The Kier molecular flexibility index (Phi) is 6.93. The molecular formula is C25H41NO5. The Morgan fingerprint density at radius 2 is 1.94 bits per heavy atom. The summed E-state index contributed by atoms with van der Waals surface area (Å²) in [6, 6.07) is 0. The monoisotopic (exact) mass is 435 g/mol. The van der Waals surface area contributed by atoms with E-state index in [0.717, 1.165) is 31.3 Å². The Morgan fingerprint density at radius 1 is 1.26 bits per heavy atom. The van der Waals surface area contributed by atoms with E-state index < -0.39 is 6.10 Å². The number of aliphatic hydroxyl groups excluding tert-OH is 2. The molecule has 0 aromatic heterocycles. The quantitative estimate of drug-likeness (QED) is 0.523. The van der Waals surface area contributed by atoms with E-state index in [-0.39, 0.29) is 53.2 Å². The fourth-order valence-electron chi connectivity index (χ4n) is 7.33. The molecule has 3 aliphatic rings. The summed E-state index contributed by atoms with van der Waals surface area (Å²) in [6.07, 6.45) is 5.60. The molecule has 0 aromatic carbocycles. The number of hydrogen-bond donors (Lipinski definition) is 2. The summed E-state index contributed by atoms with van der Waals surface area (Å²) >= 11 is 0. The first kappa shape index (κ1) is 24.2. The van der Waals surface area contributed by atoms with Gasteiger partial charge in [-0.3, -0.25) is 9.59 Å². The average molecular weight is 436 g/mol. The number of rotatable bonds is 4. The smallest absolute Gasteiger partial charge is 0.302 e. The molecule has 7 atom stereocenters. The molecule has 0 bridgehead atoms. The zero-order valence-electron chi connectivity index (χ0n) is 20.1. The second kappa shape index (κ2) is 8.86. The van der Waals surface area contributed by atoms with Crippen molar-refractivity contribution in [1.82, 2.24) is 4.90 Å². The third-order valence-electron chi connectivity index (χ3n) is 9.04. The molecule has 3 aliphatic carbocycles. The lowest BCUT2D eigenvalue weighted by molar-refractivity contribution is -0.203. The molecule has 0 aliphatic heterocycles. The Balaban J connectivity index is 1.85. The van der Waals surface area contributed by atoms with Crippen LogP contribution in [-0.2, 0) is 14.3 Å². The van der Waals surface area contributed by atoms with Gasteiger partial charge in [-0.15, -0.1) is 0 Å². The molecular weight excluding hydrogens is 394 g/mol. The molecule has 3 rings (SSSR count). The molecule has 0 heterocycles. The van der Waals surface area contributed by atoms with Gasteiger partial charge in [-0.2, -0.15) is 0 Å². The summed E-state index contributed by atoms with van der Waals surface area (Å²) in [5, 5.41) is 20.4. The van der Waals surface area contributed by atoms with Crippen LogP contribution >= 0.6 is 0 Å². The Bertz CT molecular complexity index is 731. The van der Waals surface area contributed by atoms with E-state index in [1.165, 1.54) is 6.92 Å². The maximum absolute atomic E-state index is 12.5. The van der Waals surface area contributed by atoms with Crippen LogP contribution < -0.4 is 0 Å². The van der Waals surface area contributed by atoms with Crippen molar-refractivity contribution in [3.8, 4) is 0 Å². The van der Waals surface area contributed by atoms with E-state index in [1.807, 2.05) is 0 Å². The summed E-state index contributed by atoms with van der Waals surface area (Å²) in [4.78, 5) is 25.7. The molecule has 1 amide bonds. The SMILES string of the molecule is CC(=O)OC1CCC2(C)C3CCC(=CC(=O)N(C)CCO)C(C)C3C(O)CC2C1(C)C. The number of carbonyl (C=O) groups is 2. The van der Waals surface area contributed by atoms with Gasteiger partial charge in [0.1, 0.15) is 6.10 Å². The molecule has 176 valence electrons. The van der Waals surface area contributed by atoms with Crippen molar-refractivity contribution < 1.29 is 24.5 Å². The zero-order chi connectivity index (χ0) is 23.1. The van der Waals surface area contributed by atoms with Crippen molar-refractivity contribution in [3.05, 3.63) is 11.6 Å². The molecule has 0 spiro atoms. The van der Waals surface area contributed by atoms with Crippen molar-refractivity contribution in [1.29, 1.82) is 0 Å². The van der Waals surface area contributed by atoms with Crippen molar-refractivity contribution in [2.24, 2.45) is 34.5 Å². The maximum atomic E-state index is 12.5. The van der Waals surface area contributed by atoms with E-state index in [4.69, 9.17) is 9.84 Å². The number of likely N-dealkylation sites (N-methyl/N-ethyl adjacent to an activating group) is 1. The highest BCUT2D eigenvalue weighted by molar-refractivity contribution is 5.88. The van der Waals surface area contributed by atoms with Crippen LogP contribution in [0.4, 0.5) is 0 Å². The Labute approximate surface area is 187 Å². The summed E-state index contributed by atoms with van der Waals surface area (Å²) in [6.45, 7) is 10.7. The largest absolute Gasteiger partial charge is 0.462 e. The van der Waals surface area contributed by atoms with E-state index in [1.54, 1.807) is 18.0 Å². The highest BCUT2D eigenvalue weighted by Gasteiger charge is 2.61. The van der Waals surface area contributed by atoms with Gasteiger partial charge < -0.3 is 19.8 Å². The van der Waals surface area contributed by atoms with Gasteiger partial charge in [-0.1, -0.05) is 33.3 Å². The van der Waals surface area contributed by atoms with Gasteiger partial charge in [0.2, 0.25) is 5.91 Å². The highest BCUT2D eigenvalue weighted by atomic mass is 16.5. The Morgan fingerprint density at radius 3 is 2.55 bits per heavy atom. The first-order chi connectivity index (χ1) is 14.4. The highest BCUT2D eigenvalue weighted by Crippen LogP contribution is 2.65. The van der Waals surface area contributed by atoms with Gasteiger partial charge in [0.05, 0.1) is 12.7 Å². The van der Waals surface area contributed by atoms with E-state index in [0.29, 0.717) is 18.9 Å². The summed E-state index contributed by atoms with van der Waals surface area (Å²) in [5.41, 5.74) is 1.01. The minimum absolute atomic E-state index is 0.0474. The van der Waals surface area contributed by atoms with E-state index in [9.17, 15) is 14.7 Å². The summed E-state index contributed by atoms with van der Waals surface area (Å²) in [7, 11) is 1.71. The molecule has 3 saturated carbocycles.